The van der Waals surface area contributed by atoms with Crippen molar-refractivity contribution < 1.29 is 9.72 Å². The van der Waals surface area contributed by atoms with Crippen molar-refractivity contribution in [1.82, 2.24) is 10.2 Å². The number of hydrogen-bond acceptors (Lipinski definition) is 6. The molecule has 8 nitrogen and oxygen atoms in total. The number of piperidine rings is 1. The smallest absolute Gasteiger partial charge is 0.273 e. The number of amides is 1. The van der Waals surface area contributed by atoms with Crippen LogP contribution in [0.4, 0.5) is 17.2 Å². The topological polar surface area (TPSA) is 101 Å². The molecule has 164 valence electrons. The number of rotatable bonds is 5. The number of aryl methyl sites for hydroxylation is 1. The van der Waals surface area contributed by atoms with Gasteiger partial charge in [0.15, 0.2) is 5.82 Å². The molecular formula is C24H25N5O3. The molecule has 0 saturated carbocycles. The van der Waals surface area contributed by atoms with E-state index in [2.05, 4.69) is 27.3 Å². The average molecular weight is 431 g/mol. The molecule has 1 N–H and O–H groups in total. The number of benzene rings is 2. The van der Waals surface area contributed by atoms with Gasteiger partial charge in [-0.25, -0.2) is 0 Å². The maximum absolute atomic E-state index is 12.6. The molecule has 0 radical (unpaired) electrons. The van der Waals surface area contributed by atoms with Crippen LogP contribution in [0.5, 0.6) is 0 Å². The van der Waals surface area contributed by atoms with E-state index >= 15 is 0 Å². The lowest BCUT2D eigenvalue weighted by Gasteiger charge is -2.30. The highest BCUT2D eigenvalue weighted by Gasteiger charge is 2.18. The number of nitro benzene ring substituents is 1. The SMILES string of the molecule is Cc1ccc(C(=O)Nc2cccc(-c3ccc(N4CCC(C)CC4)nn3)c2)cc1[N+](=O)[O-]. The predicted octanol–water partition coefficient (Wildman–Crippen LogP) is 4.85. The second kappa shape index (κ2) is 9.13. The van der Waals surface area contributed by atoms with E-state index in [9.17, 15) is 14.9 Å². The van der Waals surface area contributed by atoms with Gasteiger partial charge in [-0.2, -0.15) is 0 Å². The molecule has 1 aromatic heterocycles. The molecule has 0 bridgehead atoms. The Bertz CT molecular complexity index is 1140. The Morgan fingerprint density at radius 3 is 2.56 bits per heavy atom. The summed E-state index contributed by atoms with van der Waals surface area (Å²) in [7, 11) is 0. The number of nitrogens with zero attached hydrogens (tertiary/aromatic N) is 4. The van der Waals surface area contributed by atoms with Gasteiger partial charge in [-0.3, -0.25) is 14.9 Å². The molecule has 32 heavy (non-hydrogen) atoms. The number of nitro groups is 1. The van der Waals surface area contributed by atoms with E-state index in [1.165, 1.54) is 6.07 Å². The quantitative estimate of drug-likeness (QED) is 0.458. The molecule has 3 aromatic rings. The molecule has 4 rings (SSSR count). The van der Waals surface area contributed by atoms with E-state index in [0.717, 1.165) is 43.2 Å². The standard InChI is InChI=1S/C24H25N5O3/c1-16-10-12-28(13-11-16)23-9-8-21(26-27-23)18-4-3-5-20(14-18)25-24(30)19-7-6-17(2)22(15-19)29(31)32/h3-9,14-16H,10-13H2,1-2H3,(H,25,30). The van der Waals surface area contributed by atoms with Crippen molar-refractivity contribution in [2.45, 2.75) is 26.7 Å². The van der Waals surface area contributed by atoms with Crippen LogP contribution < -0.4 is 10.2 Å². The van der Waals surface area contributed by atoms with Crippen LogP contribution in [-0.4, -0.2) is 34.1 Å². The van der Waals surface area contributed by atoms with Crippen LogP contribution >= 0.6 is 0 Å². The van der Waals surface area contributed by atoms with Crippen molar-refractivity contribution in [1.29, 1.82) is 0 Å². The molecule has 2 heterocycles. The van der Waals surface area contributed by atoms with Crippen molar-refractivity contribution in [3.63, 3.8) is 0 Å². The molecule has 0 aliphatic carbocycles. The number of nitrogens with one attached hydrogen (secondary N) is 1. The highest BCUT2D eigenvalue weighted by Crippen LogP contribution is 2.25. The summed E-state index contributed by atoms with van der Waals surface area (Å²) in [6.45, 7) is 5.90. The number of hydrogen-bond donors (Lipinski definition) is 1. The first-order valence-corrected chi connectivity index (χ1v) is 10.7. The van der Waals surface area contributed by atoms with E-state index in [-0.39, 0.29) is 11.3 Å². The number of anilines is 2. The second-order valence-electron chi connectivity index (χ2n) is 8.24. The van der Waals surface area contributed by atoms with E-state index in [1.54, 1.807) is 25.1 Å². The van der Waals surface area contributed by atoms with Gasteiger partial charge in [0.05, 0.1) is 10.6 Å². The first-order valence-electron chi connectivity index (χ1n) is 10.7. The fourth-order valence-electron chi connectivity index (χ4n) is 3.79. The summed E-state index contributed by atoms with van der Waals surface area (Å²) in [5.74, 6) is 1.22. The highest BCUT2D eigenvalue weighted by molar-refractivity contribution is 6.05. The van der Waals surface area contributed by atoms with Crippen molar-refractivity contribution in [2.75, 3.05) is 23.3 Å². The summed E-state index contributed by atoms with van der Waals surface area (Å²) >= 11 is 0. The minimum atomic E-state index is -0.487. The van der Waals surface area contributed by atoms with Crippen molar-refractivity contribution in [3.05, 3.63) is 75.8 Å². The highest BCUT2D eigenvalue weighted by atomic mass is 16.6. The van der Waals surface area contributed by atoms with Crippen LogP contribution in [-0.2, 0) is 0 Å². The molecule has 2 aromatic carbocycles. The Hall–Kier alpha value is -3.81. The summed E-state index contributed by atoms with van der Waals surface area (Å²) < 4.78 is 0. The van der Waals surface area contributed by atoms with Crippen LogP contribution in [0, 0.1) is 23.0 Å². The van der Waals surface area contributed by atoms with E-state index in [0.29, 0.717) is 16.9 Å². The average Bonchev–Trinajstić information content (AvgIpc) is 2.80. The monoisotopic (exact) mass is 431 g/mol. The zero-order chi connectivity index (χ0) is 22.7. The third-order valence-electron chi connectivity index (χ3n) is 5.84. The summed E-state index contributed by atoms with van der Waals surface area (Å²) in [5, 5.41) is 22.7. The zero-order valence-corrected chi connectivity index (χ0v) is 18.1. The van der Waals surface area contributed by atoms with Crippen molar-refractivity contribution in [2.24, 2.45) is 5.92 Å². The number of aromatic nitrogens is 2. The van der Waals surface area contributed by atoms with Crippen molar-refractivity contribution >= 4 is 23.1 Å². The van der Waals surface area contributed by atoms with Crippen LogP contribution in [0.15, 0.2) is 54.6 Å². The maximum Gasteiger partial charge on any atom is 0.273 e. The van der Waals surface area contributed by atoms with E-state index in [4.69, 9.17) is 0 Å². The Labute approximate surface area is 186 Å². The fourth-order valence-corrected chi connectivity index (χ4v) is 3.79. The first kappa shape index (κ1) is 21.4. The van der Waals surface area contributed by atoms with Gasteiger partial charge in [0.2, 0.25) is 0 Å². The van der Waals surface area contributed by atoms with Crippen LogP contribution in [0.25, 0.3) is 11.3 Å². The van der Waals surface area contributed by atoms with Gasteiger partial charge in [0.1, 0.15) is 0 Å². The lowest BCUT2D eigenvalue weighted by molar-refractivity contribution is -0.385. The molecule has 1 fully saturated rings. The molecule has 1 amide bonds. The third kappa shape index (κ3) is 4.74. The van der Waals surface area contributed by atoms with Gasteiger partial charge >= 0.3 is 0 Å². The fraction of sp³-hybridized carbons (Fsp3) is 0.292. The molecule has 8 heteroatoms. The van der Waals surface area contributed by atoms with Gasteiger partial charge in [-0.15, -0.1) is 10.2 Å². The lowest BCUT2D eigenvalue weighted by atomic mass is 9.99. The van der Waals surface area contributed by atoms with Gasteiger partial charge in [-0.05, 0) is 56.0 Å². The van der Waals surface area contributed by atoms with Crippen LogP contribution in [0.3, 0.4) is 0 Å². The van der Waals surface area contributed by atoms with E-state index < -0.39 is 10.8 Å². The summed E-state index contributed by atoms with van der Waals surface area (Å²) in [4.78, 5) is 25.5. The third-order valence-corrected chi connectivity index (χ3v) is 5.84. The Morgan fingerprint density at radius 1 is 1.09 bits per heavy atom. The summed E-state index contributed by atoms with van der Waals surface area (Å²) in [6, 6.07) is 15.7. The Morgan fingerprint density at radius 2 is 1.88 bits per heavy atom. The van der Waals surface area contributed by atoms with Gasteiger partial charge in [-0.1, -0.05) is 25.1 Å². The molecule has 0 unspecified atom stereocenters. The molecule has 1 aliphatic heterocycles. The molecule has 1 aliphatic rings. The zero-order valence-electron chi connectivity index (χ0n) is 18.1. The largest absolute Gasteiger partial charge is 0.355 e. The van der Waals surface area contributed by atoms with Gasteiger partial charge in [0.25, 0.3) is 11.6 Å². The van der Waals surface area contributed by atoms with Crippen molar-refractivity contribution in [3.8, 4) is 11.3 Å². The minimum Gasteiger partial charge on any atom is -0.355 e. The molecule has 0 atom stereocenters. The Balaban J connectivity index is 1.48. The maximum atomic E-state index is 12.6. The molecule has 0 spiro atoms. The van der Waals surface area contributed by atoms with E-state index in [1.807, 2.05) is 30.3 Å². The summed E-state index contributed by atoms with van der Waals surface area (Å²) in [6.07, 6.45) is 2.32. The first-order chi connectivity index (χ1) is 15.4. The molecular weight excluding hydrogens is 406 g/mol. The van der Waals surface area contributed by atoms with Gasteiger partial charge < -0.3 is 10.2 Å². The van der Waals surface area contributed by atoms with Crippen LogP contribution in [0.1, 0.15) is 35.7 Å². The summed E-state index contributed by atoms with van der Waals surface area (Å²) in [5.41, 5.74) is 2.77. The second-order valence-corrected chi connectivity index (χ2v) is 8.24. The molecule has 1 saturated heterocycles. The number of carbonyl (C=O) groups excluding carboxylic acids is 1. The lowest BCUT2D eigenvalue weighted by Crippen LogP contribution is -2.33. The predicted molar refractivity (Wildman–Crippen MR) is 124 cm³/mol. The number of carbonyl (C=O) groups is 1. The van der Waals surface area contributed by atoms with Gasteiger partial charge in [0, 0.05) is 41.5 Å². The Kier molecular flexibility index (Phi) is 6.11. The minimum absolute atomic E-state index is 0.0788. The van der Waals surface area contributed by atoms with Crippen LogP contribution in [0.2, 0.25) is 0 Å². The normalized spacial score (nSPS) is 14.2.